The molecular weight excluding hydrogens is 408 g/mol. The molecule has 0 heterocycles. The monoisotopic (exact) mass is 466 g/mol. The van der Waals surface area contributed by atoms with E-state index in [9.17, 15) is 0 Å². The highest BCUT2D eigenvalue weighted by Crippen LogP contribution is 2.38. The number of hydrogen-bond acceptors (Lipinski definition) is 0. The van der Waals surface area contributed by atoms with Crippen LogP contribution in [0.15, 0.2) is 24.3 Å². The van der Waals surface area contributed by atoms with E-state index in [0.717, 1.165) is 23.7 Å². The minimum atomic E-state index is 0.994. The van der Waals surface area contributed by atoms with Crippen LogP contribution >= 0.6 is 0 Å². The normalized spacial score (nSPS) is 25.5. The van der Waals surface area contributed by atoms with Gasteiger partial charge in [0.15, 0.2) is 0 Å². The fourth-order valence-corrected chi connectivity index (χ4v) is 6.95. The molecule has 2 aliphatic rings. The van der Waals surface area contributed by atoms with Gasteiger partial charge in [0.1, 0.15) is 0 Å². The van der Waals surface area contributed by atoms with E-state index in [1.54, 1.807) is 43.2 Å². The second-order valence-electron chi connectivity index (χ2n) is 12.4. The van der Waals surface area contributed by atoms with Gasteiger partial charge in [0, 0.05) is 0 Å². The van der Waals surface area contributed by atoms with Crippen LogP contribution in [0.4, 0.5) is 0 Å². The first-order chi connectivity index (χ1) is 16.8. The Kier molecular flexibility index (Phi) is 13.7. The first-order valence-electron chi connectivity index (χ1n) is 15.8. The molecule has 0 radical (unpaired) electrons. The molecule has 0 heteroatoms. The lowest BCUT2D eigenvalue weighted by atomic mass is 9.74. The van der Waals surface area contributed by atoms with Gasteiger partial charge in [0.05, 0.1) is 0 Å². The molecule has 1 aromatic rings. The molecular formula is C34H58. The van der Waals surface area contributed by atoms with Gasteiger partial charge in [-0.3, -0.25) is 0 Å². The zero-order chi connectivity index (χ0) is 23.8. The second-order valence-corrected chi connectivity index (χ2v) is 12.4. The molecule has 0 N–H and O–H groups in total. The van der Waals surface area contributed by atoms with Gasteiger partial charge in [-0.15, -0.1) is 0 Å². The molecule has 0 aliphatic heterocycles. The first-order valence-corrected chi connectivity index (χ1v) is 15.8. The molecule has 194 valence electrons. The maximum Gasteiger partial charge on any atom is -0.0276 e. The lowest BCUT2D eigenvalue weighted by Gasteiger charge is -2.32. The zero-order valence-corrected chi connectivity index (χ0v) is 23.2. The minimum absolute atomic E-state index is 0.994. The van der Waals surface area contributed by atoms with Gasteiger partial charge < -0.3 is 0 Å². The van der Waals surface area contributed by atoms with E-state index in [2.05, 4.69) is 38.1 Å². The highest BCUT2D eigenvalue weighted by Gasteiger charge is 2.24. The Morgan fingerprint density at radius 3 is 1.38 bits per heavy atom. The molecule has 0 bridgehead atoms. The number of unbranched alkanes of at least 4 members (excludes halogenated alkanes) is 6. The summed E-state index contributed by atoms with van der Waals surface area (Å²) in [6, 6.07) is 9.66. The molecule has 3 rings (SSSR count). The molecule has 0 saturated heterocycles. The molecule has 0 amide bonds. The van der Waals surface area contributed by atoms with E-state index < -0.39 is 0 Å². The standard InChI is InChI=1S/C34H58/c1-3-5-7-8-10-12-30-15-19-32(20-16-30)22-24-34-27-25-33(26-28-34)23-21-31-17-13-29(14-18-31)11-9-6-4-2/h15-16,19-20,29,31,33-34H,3-14,17-18,21-28H2,1-2H3/t29-,31-,33-,34-. The van der Waals surface area contributed by atoms with E-state index >= 15 is 0 Å². The van der Waals surface area contributed by atoms with Gasteiger partial charge in [0.25, 0.3) is 0 Å². The van der Waals surface area contributed by atoms with Gasteiger partial charge >= 0.3 is 0 Å². The zero-order valence-electron chi connectivity index (χ0n) is 23.2. The Morgan fingerprint density at radius 1 is 0.441 bits per heavy atom. The van der Waals surface area contributed by atoms with Crippen molar-refractivity contribution in [3.63, 3.8) is 0 Å². The molecule has 1 aromatic carbocycles. The third-order valence-corrected chi connectivity index (χ3v) is 9.56. The van der Waals surface area contributed by atoms with Crippen LogP contribution in [0.2, 0.25) is 0 Å². The average molecular weight is 467 g/mol. The van der Waals surface area contributed by atoms with Crippen LogP contribution in [-0.2, 0) is 12.8 Å². The molecule has 34 heavy (non-hydrogen) atoms. The Labute approximate surface area is 214 Å². The Bertz CT molecular complexity index is 597. The topological polar surface area (TPSA) is 0 Å². The van der Waals surface area contributed by atoms with Gasteiger partial charge in [-0.2, -0.15) is 0 Å². The van der Waals surface area contributed by atoms with Gasteiger partial charge in [-0.25, -0.2) is 0 Å². The molecule has 2 aliphatic carbocycles. The summed E-state index contributed by atoms with van der Waals surface area (Å²) in [5, 5.41) is 0. The largest absolute Gasteiger partial charge is 0.0654 e. The SMILES string of the molecule is CCCCCCCc1ccc(CC[C@H]2CC[C@H](CC[C@H]3CC[C@H](CCCCC)CC3)CC2)cc1. The fraction of sp³-hybridized carbons (Fsp3) is 0.824. The molecule has 0 nitrogen and oxygen atoms in total. The third kappa shape index (κ3) is 10.9. The summed E-state index contributed by atoms with van der Waals surface area (Å²) in [6.07, 6.45) is 32.1. The molecule has 0 aromatic heterocycles. The van der Waals surface area contributed by atoms with Crippen LogP contribution in [0.1, 0.15) is 153 Å². The van der Waals surface area contributed by atoms with Crippen LogP contribution in [0.5, 0.6) is 0 Å². The van der Waals surface area contributed by atoms with E-state index in [4.69, 9.17) is 0 Å². The van der Waals surface area contributed by atoms with Crippen molar-refractivity contribution in [3.8, 4) is 0 Å². The summed E-state index contributed by atoms with van der Waals surface area (Å²) >= 11 is 0. The molecule has 2 saturated carbocycles. The number of benzene rings is 1. The summed E-state index contributed by atoms with van der Waals surface area (Å²) in [7, 11) is 0. The number of hydrogen-bond donors (Lipinski definition) is 0. The van der Waals surface area contributed by atoms with Gasteiger partial charge in [-0.1, -0.05) is 154 Å². The maximum absolute atomic E-state index is 2.42. The van der Waals surface area contributed by atoms with Crippen molar-refractivity contribution in [1.29, 1.82) is 0 Å². The van der Waals surface area contributed by atoms with Crippen LogP contribution in [-0.4, -0.2) is 0 Å². The number of aryl methyl sites for hydroxylation is 2. The predicted molar refractivity (Wildman–Crippen MR) is 151 cm³/mol. The quantitative estimate of drug-likeness (QED) is 0.212. The third-order valence-electron chi connectivity index (χ3n) is 9.56. The van der Waals surface area contributed by atoms with Crippen LogP contribution < -0.4 is 0 Å². The van der Waals surface area contributed by atoms with Crippen LogP contribution in [0, 0.1) is 23.7 Å². The lowest BCUT2D eigenvalue weighted by molar-refractivity contribution is 0.208. The van der Waals surface area contributed by atoms with Crippen molar-refractivity contribution in [2.24, 2.45) is 23.7 Å². The van der Waals surface area contributed by atoms with Crippen molar-refractivity contribution >= 4 is 0 Å². The smallest absolute Gasteiger partial charge is 0.0276 e. The van der Waals surface area contributed by atoms with Gasteiger partial charge in [-0.05, 0) is 60.5 Å². The predicted octanol–water partition coefficient (Wildman–Crippen LogP) is 11.1. The lowest BCUT2D eigenvalue weighted by Crippen LogP contribution is -2.18. The van der Waals surface area contributed by atoms with Crippen LogP contribution in [0.3, 0.4) is 0 Å². The van der Waals surface area contributed by atoms with E-state index in [1.807, 2.05) is 0 Å². The van der Waals surface area contributed by atoms with Crippen molar-refractivity contribution in [2.75, 3.05) is 0 Å². The van der Waals surface area contributed by atoms with Crippen LogP contribution in [0.25, 0.3) is 0 Å². The van der Waals surface area contributed by atoms with E-state index in [1.165, 1.54) is 109 Å². The Hall–Kier alpha value is -0.780. The fourth-order valence-electron chi connectivity index (χ4n) is 6.95. The second kappa shape index (κ2) is 16.8. The first kappa shape index (κ1) is 27.8. The van der Waals surface area contributed by atoms with Crippen molar-refractivity contribution < 1.29 is 0 Å². The van der Waals surface area contributed by atoms with Gasteiger partial charge in [0.2, 0.25) is 0 Å². The molecule has 2 fully saturated rings. The Morgan fingerprint density at radius 2 is 0.853 bits per heavy atom. The van der Waals surface area contributed by atoms with Crippen molar-refractivity contribution in [1.82, 2.24) is 0 Å². The molecule has 0 spiro atoms. The van der Waals surface area contributed by atoms with E-state index in [-0.39, 0.29) is 0 Å². The molecule has 0 atom stereocenters. The number of rotatable bonds is 16. The van der Waals surface area contributed by atoms with E-state index in [0.29, 0.717) is 0 Å². The Balaban J connectivity index is 1.22. The summed E-state index contributed by atoms with van der Waals surface area (Å²) in [5.74, 6) is 4.19. The van der Waals surface area contributed by atoms with Crippen molar-refractivity contribution in [3.05, 3.63) is 35.4 Å². The van der Waals surface area contributed by atoms with Crippen molar-refractivity contribution in [2.45, 2.75) is 155 Å². The maximum atomic E-state index is 2.42. The summed E-state index contributed by atoms with van der Waals surface area (Å²) < 4.78 is 0. The summed E-state index contributed by atoms with van der Waals surface area (Å²) in [5.41, 5.74) is 3.12. The minimum Gasteiger partial charge on any atom is -0.0654 e. The highest BCUT2D eigenvalue weighted by atomic mass is 14.3. The highest BCUT2D eigenvalue weighted by molar-refractivity contribution is 5.22. The molecule has 0 unspecified atom stereocenters. The average Bonchev–Trinajstić information content (AvgIpc) is 2.88. The summed E-state index contributed by atoms with van der Waals surface area (Å²) in [6.45, 7) is 4.63. The summed E-state index contributed by atoms with van der Waals surface area (Å²) in [4.78, 5) is 0.